The van der Waals surface area contributed by atoms with Gasteiger partial charge in [0.1, 0.15) is 5.75 Å². The third-order valence-corrected chi connectivity index (χ3v) is 7.05. The number of hydrogen-bond donors (Lipinski definition) is 1. The number of rotatable bonds is 7. The van der Waals surface area contributed by atoms with Crippen molar-refractivity contribution in [2.75, 3.05) is 32.1 Å². The van der Waals surface area contributed by atoms with Crippen molar-refractivity contribution in [3.8, 4) is 5.75 Å². The Morgan fingerprint density at radius 3 is 2.50 bits per heavy atom. The summed E-state index contributed by atoms with van der Waals surface area (Å²) in [6.07, 6.45) is 3.48. The number of ether oxygens (including phenoxy) is 2. The van der Waals surface area contributed by atoms with Gasteiger partial charge >= 0.3 is 5.97 Å². The Bertz CT molecular complexity index is 848. The van der Waals surface area contributed by atoms with Gasteiger partial charge in [0.15, 0.2) is 6.61 Å². The molecule has 1 aromatic rings. The number of carbonyl (C=O) groups excluding carboxylic acids is 2. The van der Waals surface area contributed by atoms with Gasteiger partial charge in [-0.2, -0.15) is 4.31 Å². The molecular formula is C19H26N2O6S. The Labute approximate surface area is 165 Å². The summed E-state index contributed by atoms with van der Waals surface area (Å²) in [5.41, 5.74) is 0.224. The number of piperidine rings is 1. The maximum Gasteiger partial charge on any atom is 0.309 e. The van der Waals surface area contributed by atoms with Gasteiger partial charge < -0.3 is 14.8 Å². The summed E-state index contributed by atoms with van der Waals surface area (Å²) in [6, 6.07) is 4.35. The van der Waals surface area contributed by atoms with E-state index in [4.69, 9.17) is 9.47 Å². The summed E-state index contributed by atoms with van der Waals surface area (Å²) in [6.45, 7) is 2.51. The van der Waals surface area contributed by atoms with Crippen LogP contribution in [0.25, 0.3) is 0 Å². The molecule has 0 spiro atoms. The fraction of sp³-hybridized carbons (Fsp3) is 0.579. The van der Waals surface area contributed by atoms with Crippen LogP contribution in [0.2, 0.25) is 0 Å². The second-order valence-corrected chi connectivity index (χ2v) is 9.24. The van der Waals surface area contributed by atoms with Crippen LogP contribution in [0.15, 0.2) is 23.1 Å². The first-order valence-corrected chi connectivity index (χ1v) is 10.9. The summed E-state index contributed by atoms with van der Waals surface area (Å²) >= 11 is 0. The zero-order chi connectivity index (χ0) is 20.3. The highest BCUT2D eigenvalue weighted by Gasteiger charge is 2.40. The lowest BCUT2D eigenvalue weighted by Gasteiger charge is -2.26. The molecular weight excluding hydrogens is 384 g/mol. The van der Waals surface area contributed by atoms with Crippen LogP contribution in [0.1, 0.15) is 32.6 Å². The number of nitrogens with zero attached hydrogens (tertiary/aromatic N) is 1. The van der Waals surface area contributed by atoms with E-state index in [0.717, 1.165) is 25.7 Å². The molecule has 1 saturated carbocycles. The SMILES string of the molecule is COc1ccc(S(=O)(=O)N2CCCCC2)cc1NC(=O)COC(=O)[C@H]1C[C@@H]1C. The highest BCUT2D eigenvalue weighted by Crippen LogP contribution is 2.38. The molecule has 3 rings (SSSR count). The molecule has 1 heterocycles. The molecule has 0 radical (unpaired) electrons. The molecule has 1 amide bonds. The molecule has 1 aliphatic heterocycles. The predicted octanol–water partition coefficient (Wildman–Crippen LogP) is 2.01. The number of hydrogen-bond acceptors (Lipinski definition) is 6. The van der Waals surface area contributed by atoms with E-state index in [2.05, 4.69) is 5.32 Å². The summed E-state index contributed by atoms with van der Waals surface area (Å²) < 4.78 is 37.4. The minimum atomic E-state index is -3.64. The molecule has 154 valence electrons. The van der Waals surface area contributed by atoms with Crippen LogP contribution in [-0.4, -0.2) is 51.4 Å². The lowest BCUT2D eigenvalue weighted by Crippen LogP contribution is -2.35. The molecule has 8 nitrogen and oxygen atoms in total. The van der Waals surface area contributed by atoms with E-state index in [9.17, 15) is 18.0 Å². The van der Waals surface area contributed by atoms with Gasteiger partial charge in [-0.3, -0.25) is 9.59 Å². The van der Waals surface area contributed by atoms with Crippen LogP contribution in [-0.2, 0) is 24.3 Å². The lowest BCUT2D eigenvalue weighted by molar-refractivity contribution is -0.148. The first-order valence-electron chi connectivity index (χ1n) is 9.47. The van der Waals surface area contributed by atoms with E-state index in [0.29, 0.717) is 24.8 Å². The number of carbonyl (C=O) groups is 2. The van der Waals surface area contributed by atoms with Crippen LogP contribution >= 0.6 is 0 Å². The lowest BCUT2D eigenvalue weighted by atomic mass is 10.2. The highest BCUT2D eigenvalue weighted by molar-refractivity contribution is 7.89. The second-order valence-electron chi connectivity index (χ2n) is 7.30. The van der Waals surface area contributed by atoms with Gasteiger partial charge in [-0.25, -0.2) is 8.42 Å². The first kappa shape index (κ1) is 20.6. The van der Waals surface area contributed by atoms with Crippen molar-refractivity contribution in [2.24, 2.45) is 11.8 Å². The number of methoxy groups -OCH3 is 1. The Hall–Kier alpha value is -2.13. The van der Waals surface area contributed by atoms with Crippen molar-refractivity contribution in [3.63, 3.8) is 0 Å². The molecule has 2 fully saturated rings. The van der Waals surface area contributed by atoms with Crippen LogP contribution in [0.5, 0.6) is 5.75 Å². The van der Waals surface area contributed by atoms with Crippen molar-refractivity contribution >= 4 is 27.6 Å². The van der Waals surface area contributed by atoms with Crippen molar-refractivity contribution in [2.45, 2.75) is 37.5 Å². The molecule has 0 unspecified atom stereocenters. The van der Waals surface area contributed by atoms with E-state index in [-0.39, 0.29) is 22.5 Å². The van der Waals surface area contributed by atoms with Gasteiger partial charge in [-0.1, -0.05) is 13.3 Å². The van der Waals surface area contributed by atoms with Crippen LogP contribution in [0.4, 0.5) is 5.69 Å². The molecule has 0 aromatic heterocycles. The van der Waals surface area contributed by atoms with E-state index >= 15 is 0 Å². The van der Waals surface area contributed by atoms with Gasteiger partial charge in [0.05, 0.1) is 23.6 Å². The molecule has 1 aliphatic carbocycles. The quantitative estimate of drug-likeness (QED) is 0.690. The average Bonchev–Trinajstić information content (AvgIpc) is 3.43. The van der Waals surface area contributed by atoms with Gasteiger partial charge in [0.25, 0.3) is 5.91 Å². The molecule has 28 heavy (non-hydrogen) atoms. The third-order valence-electron chi connectivity index (χ3n) is 5.16. The van der Waals surface area contributed by atoms with Crippen LogP contribution < -0.4 is 10.1 Å². The summed E-state index contributed by atoms with van der Waals surface area (Å²) in [5, 5.41) is 2.58. The van der Waals surface area contributed by atoms with E-state index in [1.165, 1.54) is 29.6 Å². The fourth-order valence-electron chi connectivity index (χ4n) is 3.28. The predicted molar refractivity (Wildman–Crippen MR) is 102 cm³/mol. The van der Waals surface area contributed by atoms with E-state index in [1.54, 1.807) is 0 Å². The molecule has 1 saturated heterocycles. The molecule has 2 aliphatic rings. The van der Waals surface area contributed by atoms with Crippen molar-refractivity contribution in [1.82, 2.24) is 4.31 Å². The fourth-order valence-corrected chi connectivity index (χ4v) is 4.82. The Morgan fingerprint density at radius 1 is 1.21 bits per heavy atom. The molecule has 1 aromatic carbocycles. The number of benzene rings is 1. The van der Waals surface area contributed by atoms with Gasteiger partial charge in [0, 0.05) is 13.1 Å². The number of anilines is 1. The normalized spacial score (nSPS) is 22.4. The standard InChI is InChI=1S/C19H26N2O6S/c1-13-10-15(13)19(23)27-12-18(22)20-16-11-14(6-7-17(16)26-2)28(24,25)21-8-4-3-5-9-21/h6-7,11,13,15H,3-5,8-10,12H2,1-2H3,(H,20,22)/t13-,15-/m0/s1. The Balaban J connectivity index is 1.70. The molecule has 1 N–H and O–H groups in total. The zero-order valence-corrected chi connectivity index (χ0v) is 17.0. The van der Waals surface area contributed by atoms with Gasteiger partial charge in [-0.05, 0) is 43.4 Å². The van der Waals surface area contributed by atoms with Crippen molar-refractivity contribution in [1.29, 1.82) is 0 Å². The van der Waals surface area contributed by atoms with E-state index in [1.807, 2.05) is 6.92 Å². The number of amides is 1. The topological polar surface area (TPSA) is 102 Å². The van der Waals surface area contributed by atoms with Crippen LogP contribution in [0, 0.1) is 11.8 Å². The minimum Gasteiger partial charge on any atom is -0.495 e. The molecule has 2 atom stereocenters. The zero-order valence-electron chi connectivity index (χ0n) is 16.1. The smallest absolute Gasteiger partial charge is 0.309 e. The minimum absolute atomic E-state index is 0.0919. The third kappa shape index (κ3) is 4.64. The van der Waals surface area contributed by atoms with Gasteiger partial charge in [-0.15, -0.1) is 0 Å². The van der Waals surface area contributed by atoms with Crippen molar-refractivity contribution in [3.05, 3.63) is 18.2 Å². The molecule has 9 heteroatoms. The average molecular weight is 410 g/mol. The number of sulfonamides is 1. The Morgan fingerprint density at radius 2 is 1.89 bits per heavy atom. The van der Waals surface area contributed by atoms with Crippen LogP contribution in [0.3, 0.4) is 0 Å². The summed E-state index contributed by atoms with van der Waals surface area (Å²) in [7, 11) is -2.21. The monoisotopic (exact) mass is 410 g/mol. The van der Waals surface area contributed by atoms with E-state index < -0.39 is 22.5 Å². The summed E-state index contributed by atoms with van der Waals surface area (Å²) in [5.74, 6) is -0.427. The summed E-state index contributed by atoms with van der Waals surface area (Å²) in [4.78, 5) is 24.0. The Kier molecular flexibility index (Phi) is 6.24. The number of nitrogens with one attached hydrogen (secondary N) is 1. The first-order chi connectivity index (χ1) is 13.3. The van der Waals surface area contributed by atoms with Crippen molar-refractivity contribution < 1.29 is 27.5 Å². The van der Waals surface area contributed by atoms with Gasteiger partial charge in [0.2, 0.25) is 10.0 Å². The highest BCUT2D eigenvalue weighted by atomic mass is 32.2. The molecule has 0 bridgehead atoms. The maximum atomic E-state index is 12.9. The maximum absolute atomic E-state index is 12.9. The second kappa shape index (κ2) is 8.48. The number of esters is 1. The largest absolute Gasteiger partial charge is 0.495 e.